The molecule has 3 aliphatic heterocycles. The first-order valence-corrected chi connectivity index (χ1v) is 38.3. The Morgan fingerprint density at radius 3 is 1.20 bits per heavy atom. The molecule has 9 aliphatic rings. The largest absolute Gasteiger partial charge is 1.00 e. The number of alkyl halides is 1. The second-order valence-corrected chi connectivity index (χ2v) is 33.2. The molecule has 6 fully saturated rings. The zero-order valence-electron chi connectivity index (χ0n) is 58.0. The number of hydrogen-bond donors (Lipinski definition) is 4. The summed E-state index contributed by atoms with van der Waals surface area (Å²) in [5, 5.41) is 17.5. The molecule has 530 valence electrons. The quantitative estimate of drug-likeness (QED) is 0.0297. The van der Waals surface area contributed by atoms with E-state index in [1.807, 2.05) is 89.6 Å². The minimum absolute atomic E-state index is 0. The number of nitrogens with zero attached hydrogens (tertiary/aromatic N) is 6. The summed E-state index contributed by atoms with van der Waals surface area (Å²) < 4.78 is 11.2. The third-order valence-corrected chi connectivity index (χ3v) is 24.2. The van der Waals surface area contributed by atoms with Crippen LogP contribution in [0.4, 0.5) is 26.7 Å². The normalized spacial score (nSPS) is 20.8. The summed E-state index contributed by atoms with van der Waals surface area (Å²) in [7, 11) is 0. The van der Waals surface area contributed by atoms with Crippen LogP contribution in [-0.2, 0) is 46.2 Å². The van der Waals surface area contributed by atoms with E-state index >= 15 is 0 Å². The third-order valence-electron chi connectivity index (χ3n) is 20.7. The summed E-state index contributed by atoms with van der Waals surface area (Å²) >= 11 is 12.3. The number of nitrogens with two attached hydrogens (primary N) is 1. The maximum atomic E-state index is 12.7. The fraction of sp³-hybridized carbons (Fsp3) is 0.544. The molecule has 20 heteroatoms. The van der Waals surface area contributed by atoms with E-state index in [1.54, 1.807) is 0 Å². The van der Waals surface area contributed by atoms with Gasteiger partial charge in [-0.25, -0.2) is 19.6 Å². The Kier molecular flexibility index (Phi) is 28.4. The van der Waals surface area contributed by atoms with Gasteiger partial charge < -0.3 is 58.3 Å². The molecule has 3 atom stereocenters. The number of alkyl carbamates (subject to hydrolysis) is 2. The molecule has 99 heavy (non-hydrogen) atoms. The number of benzene rings is 3. The second kappa shape index (κ2) is 35.4. The van der Waals surface area contributed by atoms with Crippen molar-refractivity contribution < 1.29 is 58.5 Å². The van der Waals surface area contributed by atoms with Crippen molar-refractivity contribution in [3.05, 3.63) is 161 Å². The number of amides is 2. The van der Waals surface area contributed by atoms with Gasteiger partial charge in [0.2, 0.25) is 0 Å². The van der Waals surface area contributed by atoms with E-state index in [0.29, 0.717) is 5.03 Å². The monoisotopic (exact) mass is 1480 g/mol. The van der Waals surface area contributed by atoms with Crippen LogP contribution in [0.1, 0.15) is 185 Å². The van der Waals surface area contributed by atoms with Crippen molar-refractivity contribution in [2.75, 3.05) is 70.8 Å². The number of aromatic nitrogens is 3. The molecule has 6 aliphatic carbocycles. The Labute approximate surface area is 635 Å². The average Bonchev–Trinajstić information content (AvgIpc) is 1.71. The molecule has 0 unspecified atom stereocenters. The maximum Gasteiger partial charge on any atom is 1.00 e. The number of anilines is 3. The summed E-state index contributed by atoms with van der Waals surface area (Å²) in [5.74, 6) is 5.34. The zero-order valence-corrected chi connectivity index (χ0v) is 64.0. The van der Waals surface area contributed by atoms with Gasteiger partial charge in [0.1, 0.15) is 11.2 Å². The van der Waals surface area contributed by atoms with Gasteiger partial charge in [0, 0.05) is 79.2 Å². The molecular weight excluding hydrogens is 1370 g/mol. The zero-order chi connectivity index (χ0) is 67.7. The Morgan fingerprint density at radius 2 is 0.889 bits per heavy atom. The summed E-state index contributed by atoms with van der Waals surface area (Å²) in [6.45, 7) is 17.1. The summed E-state index contributed by atoms with van der Waals surface area (Å²) in [5.41, 5.74) is 17.6. The van der Waals surface area contributed by atoms with Crippen LogP contribution in [0.15, 0.2) is 143 Å². The van der Waals surface area contributed by atoms with Gasteiger partial charge in [-0.15, -0.1) is 23.5 Å². The predicted octanol–water partition coefficient (Wildman–Crippen LogP) is 14.6. The number of carbonyl (C=O) groups is 3. The van der Waals surface area contributed by atoms with Crippen LogP contribution in [0.2, 0.25) is 0 Å². The van der Waals surface area contributed by atoms with Gasteiger partial charge >= 0.3 is 41.7 Å². The molecule has 3 saturated heterocycles. The Morgan fingerprint density at radius 1 is 0.556 bits per heavy atom. The number of nitrogens with one attached hydrogen (secondary N) is 2. The molecule has 0 bridgehead atoms. The number of ether oxygens (including phenoxy) is 2. The van der Waals surface area contributed by atoms with Crippen molar-refractivity contribution >= 4 is 87.8 Å². The Bertz CT molecular complexity index is 3550. The van der Waals surface area contributed by atoms with Crippen LogP contribution in [-0.4, -0.2) is 106 Å². The molecule has 15 nitrogen and oxygen atoms in total. The van der Waals surface area contributed by atoms with Gasteiger partial charge in [-0.1, -0.05) is 115 Å². The molecule has 3 saturated carbocycles. The van der Waals surface area contributed by atoms with Crippen LogP contribution in [0.25, 0.3) is 0 Å². The molecule has 3 aromatic carbocycles. The van der Waals surface area contributed by atoms with Crippen LogP contribution < -0.4 is 60.6 Å². The SMILES string of the molecule is BrCC1CC1.C.C.CC(C)(C)OC(=O)N[C@@H]1c2ccccc2CC12CCN(c1ccc(SCC3CC3)nc1)CC2.CC(C)(C)OC(=O)N[C@@H]1c2ccccc2CC12CCN(c1ccc([S-])nc1)CC2.N[C@@H]1c2ccccc2CC12CCN(c1ccc(SCC3CC3)nc1)CC2.O=CO.[Na+]. The fourth-order valence-corrected chi connectivity index (χ4v) is 17.7. The number of hydrogen-bond acceptors (Lipinski definition) is 15. The average molecular weight is 1480 g/mol. The Hall–Kier alpha value is -5.12. The topological polar surface area (TPSA) is 188 Å². The molecule has 6 heterocycles. The number of fused-ring (bicyclic) bond motifs is 3. The van der Waals surface area contributed by atoms with Gasteiger partial charge in [-0.3, -0.25) is 9.78 Å². The first-order valence-electron chi connectivity index (χ1n) is 34.8. The number of pyridine rings is 3. The van der Waals surface area contributed by atoms with E-state index in [4.69, 9.17) is 42.7 Å². The van der Waals surface area contributed by atoms with E-state index in [9.17, 15) is 9.59 Å². The third kappa shape index (κ3) is 21.3. The van der Waals surface area contributed by atoms with Crippen LogP contribution in [0.3, 0.4) is 0 Å². The summed E-state index contributed by atoms with van der Waals surface area (Å²) in [6.07, 6.45) is 23.3. The first kappa shape index (κ1) is 79.6. The molecule has 3 aromatic heterocycles. The predicted molar refractivity (Wildman–Crippen MR) is 407 cm³/mol. The number of carboxylic acid groups (broad SMARTS) is 1. The molecule has 3 spiro atoms. The van der Waals surface area contributed by atoms with E-state index < -0.39 is 11.2 Å². The molecular formula is C79H107BrN9NaO6S3. The first-order chi connectivity index (χ1) is 46.1. The fourth-order valence-electron chi connectivity index (χ4n) is 14.9. The Balaban J connectivity index is 0.000000177. The smallest absolute Gasteiger partial charge is 0.760 e. The molecule has 0 radical (unpaired) electrons. The molecule has 6 aromatic rings. The standard InChI is InChI=1S/C27H35N3O2S.C23H29N3O2S.C22H27N3S.C4H7Br.CH2O2.2CH4.Na/c1-26(2,3)32-25(31)29-24-22-7-5-4-6-20(22)16-27(24)12-14-30(15-13-27)21-10-11-23(28-17-21)33-18-19-8-9-19;1-22(2,3)28-21(27)25-20-18-7-5-4-6-16(18)14-23(20)10-12-26(13-11-23)17-8-9-19(29)24-15-17;23-21-19-4-2-1-3-17(19)13-22(21)9-11-25(12-10-22)18-7-8-20(24-14-18)26-15-16-5-6-16;5-3-4-1-2-4;2-1-3;;;/h4-7,10-11,17,19,24H,8-9,12-16,18H2,1-3H3,(H,29,31);4-9,15,20H,10-14H2,1-3H3,(H,24,29)(H,25,27);1-4,7-8,14,16,21H,5-6,9-13,15,23H2;4H,1-3H2;1H,(H,2,3);2*1H4;/q;;;;;;;+1/p-1/t24-;20-;21-;;;;;/m111...../s1. The second-order valence-electron chi connectivity index (χ2n) is 30.1. The number of thioether (sulfide) groups is 2. The van der Waals surface area contributed by atoms with Gasteiger partial charge in [0.25, 0.3) is 6.47 Å². The molecule has 15 rings (SSSR count). The summed E-state index contributed by atoms with van der Waals surface area (Å²) in [6, 6.07) is 38.7. The van der Waals surface area contributed by atoms with Gasteiger partial charge in [-0.05, 0) is 225 Å². The van der Waals surface area contributed by atoms with Gasteiger partial charge in [0.15, 0.2) is 0 Å². The number of carbonyl (C=O) groups excluding carboxylic acids is 2. The van der Waals surface area contributed by atoms with Crippen molar-refractivity contribution in [3.63, 3.8) is 0 Å². The van der Waals surface area contributed by atoms with Crippen LogP contribution in [0, 0.1) is 34.0 Å². The van der Waals surface area contributed by atoms with E-state index in [1.165, 1.54) is 118 Å². The van der Waals surface area contributed by atoms with Crippen LogP contribution in [0.5, 0.6) is 0 Å². The van der Waals surface area contributed by atoms with E-state index in [2.05, 4.69) is 154 Å². The van der Waals surface area contributed by atoms with Crippen molar-refractivity contribution in [1.82, 2.24) is 25.6 Å². The van der Waals surface area contributed by atoms with E-state index in [0.717, 1.165) is 113 Å². The minimum Gasteiger partial charge on any atom is -0.760 e. The van der Waals surface area contributed by atoms with Gasteiger partial charge in [-0.2, -0.15) is 0 Å². The van der Waals surface area contributed by atoms with Gasteiger partial charge in [0.05, 0.1) is 51.6 Å². The number of piperidine rings is 3. The number of halogens is 1. The maximum absolute atomic E-state index is 12.7. The van der Waals surface area contributed by atoms with Crippen molar-refractivity contribution in [1.29, 1.82) is 0 Å². The molecule has 2 amide bonds. The van der Waals surface area contributed by atoms with Crippen molar-refractivity contribution in [3.8, 4) is 0 Å². The molecule has 5 N–H and O–H groups in total. The van der Waals surface area contributed by atoms with Crippen molar-refractivity contribution in [2.24, 2.45) is 39.7 Å². The van der Waals surface area contributed by atoms with Crippen LogP contribution >= 0.6 is 39.5 Å². The summed E-state index contributed by atoms with van der Waals surface area (Å²) in [4.78, 5) is 54.6. The number of rotatable bonds is 12. The minimum atomic E-state index is -0.511. The van der Waals surface area contributed by atoms with Crippen molar-refractivity contribution in [2.45, 2.75) is 197 Å². The van der Waals surface area contributed by atoms with E-state index in [-0.39, 0.29) is 97.4 Å².